The number of thiophene rings is 1. The van der Waals surface area contributed by atoms with Gasteiger partial charge in [-0.05, 0) is 73.9 Å². The molecule has 4 aromatic rings. The Morgan fingerprint density at radius 1 is 1.11 bits per heavy atom. The smallest absolute Gasteiger partial charge is 0.257 e. The van der Waals surface area contributed by atoms with Crippen LogP contribution in [-0.4, -0.2) is 16.8 Å². The molecule has 0 fully saturated rings. The van der Waals surface area contributed by atoms with Gasteiger partial charge in [0.2, 0.25) is 0 Å². The Bertz CT molecular complexity index is 1490. The molecule has 5 nitrogen and oxygen atoms in total. The molecule has 0 saturated heterocycles. The van der Waals surface area contributed by atoms with Crippen LogP contribution in [-0.2, 0) is 12.8 Å². The van der Waals surface area contributed by atoms with Crippen LogP contribution in [0.25, 0.3) is 22.2 Å². The second-order valence-electron chi connectivity index (χ2n) is 9.80. The molecular formula is C30H31N3O2S. The maximum atomic E-state index is 13.7. The van der Waals surface area contributed by atoms with Crippen molar-refractivity contribution in [2.24, 2.45) is 11.7 Å². The minimum atomic E-state index is -0.479. The number of hydrogen-bond donors (Lipinski definition) is 2. The first-order valence-electron chi connectivity index (χ1n) is 12.6. The summed E-state index contributed by atoms with van der Waals surface area (Å²) in [5, 5.41) is 4.38. The summed E-state index contributed by atoms with van der Waals surface area (Å²) in [5.74, 6) is -0.118. The highest BCUT2D eigenvalue weighted by atomic mass is 32.1. The SMILES string of the molecule is CCC[C@H]1CCc2c(sc(NC(=O)c3cc(-c4ccc(C)c(C)c4)nc4ccccc34)c2C(N)=O)C1. The third-order valence-corrected chi connectivity index (χ3v) is 8.47. The van der Waals surface area contributed by atoms with Crippen LogP contribution in [0.2, 0.25) is 0 Å². The Hall–Kier alpha value is -3.51. The van der Waals surface area contributed by atoms with Crippen molar-refractivity contribution in [1.29, 1.82) is 0 Å². The molecule has 36 heavy (non-hydrogen) atoms. The first kappa shape index (κ1) is 24.2. The highest BCUT2D eigenvalue weighted by Crippen LogP contribution is 2.41. The van der Waals surface area contributed by atoms with Crippen molar-refractivity contribution in [3.63, 3.8) is 0 Å². The minimum absolute atomic E-state index is 0.259. The molecule has 3 N–H and O–H groups in total. The molecular weight excluding hydrogens is 466 g/mol. The zero-order chi connectivity index (χ0) is 25.4. The van der Waals surface area contributed by atoms with Crippen LogP contribution in [0, 0.1) is 19.8 Å². The fourth-order valence-corrected chi connectivity index (χ4v) is 6.60. The van der Waals surface area contributed by atoms with E-state index in [0.717, 1.165) is 53.4 Å². The zero-order valence-electron chi connectivity index (χ0n) is 21.0. The van der Waals surface area contributed by atoms with Crippen molar-refractivity contribution >= 4 is 39.1 Å². The third-order valence-electron chi connectivity index (χ3n) is 7.30. The van der Waals surface area contributed by atoms with Crippen molar-refractivity contribution in [2.75, 3.05) is 5.32 Å². The highest BCUT2D eigenvalue weighted by Gasteiger charge is 2.29. The standard InChI is InChI=1S/C30H31N3O2S/c1-4-7-19-11-13-22-26(15-19)36-30(27(22)28(31)34)33-29(35)23-16-25(20-12-10-17(2)18(3)14-20)32-24-9-6-5-8-21(23)24/h5-6,8-10,12,14,16,19H,4,7,11,13,15H2,1-3H3,(H2,31,34)(H,33,35)/t19-/m0/s1. The summed E-state index contributed by atoms with van der Waals surface area (Å²) in [4.78, 5) is 32.2. The average molecular weight is 498 g/mol. The second kappa shape index (κ2) is 9.86. The number of amides is 2. The fourth-order valence-electron chi connectivity index (χ4n) is 5.24. The van der Waals surface area contributed by atoms with Crippen LogP contribution in [0.4, 0.5) is 5.00 Å². The number of para-hydroxylation sites is 1. The first-order valence-corrected chi connectivity index (χ1v) is 13.4. The number of carbonyl (C=O) groups excluding carboxylic acids is 2. The quantitative estimate of drug-likeness (QED) is 0.306. The van der Waals surface area contributed by atoms with E-state index in [1.54, 1.807) is 0 Å². The topological polar surface area (TPSA) is 85.1 Å². The molecule has 2 aromatic carbocycles. The molecule has 2 heterocycles. The van der Waals surface area contributed by atoms with Crippen molar-refractivity contribution in [3.05, 3.63) is 81.2 Å². The van der Waals surface area contributed by atoms with Gasteiger partial charge in [0, 0.05) is 15.8 Å². The molecule has 0 bridgehead atoms. The summed E-state index contributed by atoms with van der Waals surface area (Å²) in [5.41, 5.74) is 12.7. The molecule has 2 aromatic heterocycles. The molecule has 0 radical (unpaired) electrons. The van der Waals surface area contributed by atoms with Crippen LogP contribution in [0.5, 0.6) is 0 Å². The van der Waals surface area contributed by atoms with E-state index in [-0.39, 0.29) is 5.91 Å². The van der Waals surface area contributed by atoms with Crippen LogP contribution < -0.4 is 11.1 Å². The molecule has 6 heteroatoms. The molecule has 184 valence electrons. The number of primary amides is 1. The molecule has 5 rings (SSSR count). The van der Waals surface area contributed by atoms with Gasteiger partial charge in [0.05, 0.1) is 22.3 Å². The van der Waals surface area contributed by atoms with E-state index in [2.05, 4.69) is 38.2 Å². The van der Waals surface area contributed by atoms with Crippen LogP contribution in [0.1, 0.15) is 68.5 Å². The average Bonchev–Trinajstić information content (AvgIpc) is 3.22. The zero-order valence-corrected chi connectivity index (χ0v) is 21.8. The molecule has 1 atom stereocenters. The number of benzene rings is 2. The summed E-state index contributed by atoms with van der Waals surface area (Å²) in [6.45, 7) is 6.35. The maximum Gasteiger partial charge on any atom is 0.257 e. The lowest BCUT2D eigenvalue weighted by Crippen LogP contribution is -2.20. The van der Waals surface area contributed by atoms with Gasteiger partial charge < -0.3 is 11.1 Å². The van der Waals surface area contributed by atoms with Crippen LogP contribution in [0.3, 0.4) is 0 Å². The highest BCUT2D eigenvalue weighted by molar-refractivity contribution is 7.17. The number of aromatic nitrogens is 1. The summed E-state index contributed by atoms with van der Waals surface area (Å²) in [7, 11) is 0. The number of carbonyl (C=O) groups is 2. The van der Waals surface area contributed by atoms with Gasteiger partial charge in [-0.1, -0.05) is 50.1 Å². The van der Waals surface area contributed by atoms with Gasteiger partial charge in [0.1, 0.15) is 5.00 Å². The summed E-state index contributed by atoms with van der Waals surface area (Å²) in [6.07, 6.45) is 5.16. The Morgan fingerprint density at radius 2 is 1.92 bits per heavy atom. The molecule has 0 unspecified atom stereocenters. The van der Waals surface area contributed by atoms with Crippen LogP contribution >= 0.6 is 11.3 Å². The summed E-state index contributed by atoms with van der Waals surface area (Å²) >= 11 is 1.50. The fraction of sp³-hybridized carbons (Fsp3) is 0.300. The van der Waals surface area contributed by atoms with Crippen molar-refractivity contribution in [3.8, 4) is 11.3 Å². The summed E-state index contributed by atoms with van der Waals surface area (Å²) in [6, 6.07) is 15.7. The van der Waals surface area contributed by atoms with Gasteiger partial charge in [0.25, 0.3) is 11.8 Å². The third kappa shape index (κ3) is 4.53. The minimum Gasteiger partial charge on any atom is -0.365 e. The number of pyridine rings is 1. The van der Waals surface area contributed by atoms with E-state index >= 15 is 0 Å². The van der Waals surface area contributed by atoms with Crippen molar-refractivity contribution in [1.82, 2.24) is 4.98 Å². The Labute approximate surface area is 215 Å². The number of rotatable bonds is 6. The normalized spacial score (nSPS) is 15.0. The molecule has 1 aliphatic carbocycles. The van der Waals surface area contributed by atoms with E-state index in [1.165, 1.54) is 33.8 Å². The molecule has 0 saturated carbocycles. The number of hydrogen-bond acceptors (Lipinski definition) is 4. The van der Waals surface area contributed by atoms with Gasteiger partial charge >= 0.3 is 0 Å². The van der Waals surface area contributed by atoms with E-state index in [0.29, 0.717) is 22.0 Å². The Kier molecular flexibility index (Phi) is 6.63. The Balaban J connectivity index is 1.55. The lowest BCUT2D eigenvalue weighted by atomic mass is 9.84. The molecule has 0 spiro atoms. The monoisotopic (exact) mass is 497 g/mol. The largest absolute Gasteiger partial charge is 0.365 e. The Morgan fingerprint density at radius 3 is 2.67 bits per heavy atom. The van der Waals surface area contributed by atoms with Crippen molar-refractivity contribution in [2.45, 2.75) is 52.9 Å². The molecule has 0 aliphatic heterocycles. The lowest BCUT2D eigenvalue weighted by Gasteiger charge is -2.21. The van der Waals surface area contributed by atoms with Gasteiger partial charge in [-0.15, -0.1) is 11.3 Å². The number of nitrogens with zero attached hydrogens (tertiary/aromatic N) is 1. The van der Waals surface area contributed by atoms with E-state index < -0.39 is 5.91 Å². The van der Waals surface area contributed by atoms with Gasteiger partial charge in [-0.25, -0.2) is 4.98 Å². The summed E-state index contributed by atoms with van der Waals surface area (Å²) < 4.78 is 0. The van der Waals surface area contributed by atoms with Gasteiger partial charge in [0.15, 0.2) is 0 Å². The molecule has 1 aliphatic rings. The lowest BCUT2D eigenvalue weighted by molar-refractivity contribution is 0.1000. The number of nitrogens with one attached hydrogen (secondary N) is 1. The van der Waals surface area contributed by atoms with E-state index in [9.17, 15) is 9.59 Å². The maximum absolute atomic E-state index is 13.7. The van der Waals surface area contributed by atoms with Crippen molar-refractivity contribution < 1.29 is 9.59 Å². The molecule has 2 amide bonds. The van der Waals surface area contributed by atoms with E-state index in [1.807, 2.05) is 36.4 Å². The van der Waals surface area contributed by atoms with Gasteiger partial charge in [-0.3, -0.25) is 9.59 Å². The predicted molar refractivity (Wildman–Crippen MR) is 148 cm³/mol. The van der Waals surface area contributed by atoms with Gasteiger partial charge in [-0.2, -0.15) is 0 Å². The van der Waals surface area contributed by atoms with E-state index in [4.69, 9.17) is 10.7 Å². The number of nitrogens with two attached hydrogens (primary N) is 1. The van der Waals surface area contributed by atoms with Crippen LogP contribution in [0.15, 0.2) is 48.5 Å². The number of anilines is 1. The number of fused-ring (bicyclic) bond motifs is 2. The first-order chi connectivity index (χ1) is 17.4. The second-order valence-corrected chi connectivity index (χ2v) is 10.9. The predicted octanol–water partition coefficient (Wildman–Crippen LogP) is 6.84. The number of aryl methyl sites for hydroxylation is 2.